The Hall–Kier alpha value is -3.65. The molecule has 0 unspecified atom stereocenters. The van der Waals surface area contributed by atoms with Crippen molar-refractivity contribution in [2.45, 2.75) is 6.92 Å². The predicted molar refractivity (Wildman–Crippen MR) is 122 cm³/mol. The lowest BCUT2D eigenvalue weighted by Crippen LogP contribution is -2.44. The lowest BCUT2D eigenvalue weighted by Gasteiger charge is -2.33. The molecule has 1 fully saturated rings. The van der Waals surface area contributed by atoms with Crippen LogP contribution < -0.4 is 10.2 Å². The highest BCUT2D eigenvalue weighted by Crippen LogP contribution is 2.27. The third kappa shape index (κ3) is 3.89. The Balaban J connectivity index is 1.59. The van der Waals surface area contributed by atoms with Gasteiger partial charge in [-0.1, -0.05) is 18.2 Å². The number of fused-ring (bicyclic) bond motifs is 1. The standard InChI is InChI=1S/C23H25N7O/c1-16-7-8-17(31)13-19(16)25-21-14-22(29-11-9-28(2)10-12-29)27-23(26-21)30-15-24-18-5-3-4-6-20(18)30/h3-8,13-15,31H,9-12H2,1-2H3,(H,25,26,27). The van der Waals surface area contributed by atoms with Crippen LogP contribution in [-0.4, -0.2) is 62.8 Å². The molecule has 1 saturated heterocycles. The Morgan fingerprint density at radius 2 is 1.77 bits per heavy atom. The molecule has 8 heteroatoms. The highest BCUT2D eigenvalue weighted by atomic mass is 16.3. The molecule has 0 saturated carbocycles. The van der Waals surface area contributed by atoms with E-state index < -0.39 is 0 Å². The Labute approximate surface area is 180 Å². The number of rotatable bonds is 4. The SMILES string of the molecule is Cc1ccc(O)cc1Nc1cc(N2CCN(C)CC2)nc(-n2cnc3ccccc32)n1. The van der Waals surface area contributed by atoms with E-state index in [0.29, 0.717) is 11.8 Å². The van der Waals surface area contributed by atoms with Crippen molar-refractivity contribution in [2.75, 3.05) is 43.4 Å². The van der Waals surface area contributed by atoms with Crippen molar-refractivity contribution in [2.24, 2.45) is 0 Å². The summed E-state index contributed by atoms with van der Waals surface area (Å²) in [6, 6.07) is 15.2. The number of aromatic hydroxyl groups is 1. The smallest absolute Gasteiger partial charge is 0.239 e. The van der Waals surface area contributed by atoms with Gasteiger partial charge in [-0.15, -0.1) is 0 Å². The summed E-state index contributed by atoms with van der Waals surface area (Å²) in [5.74, 6) is 2.31. The zero-order valence-electron chi connectivity index (χ0n) is 17.7. The number of nitrogens with zero attached hydrogens (tertiary/aromatic N) is 6. The second-order valence-corrected chi connectivity index (χ2v) is 7.93. The molecule has 1 aliphatic rings. The Bertz CT molecular complexity index is 1230. The van der Waals surface area contributed by atoms with Crippen molar-refractivity contribution in [3.8, 4) is 11.7 Å². The lowest BCUT2D eigenvalue weighted by molar-refractivity contribution is 0.312. The largest absolute Gasteiger partial charge is 0.508 e. The molecule has 5 rings (SSSR count). The summed E-state index contributed by atoms with van der Waals surface area (Å²) in [7, 11) is 2.14. The van der Waals surface area contributed by atoms with E-state index in [0.717, 1.165) is 54.3 Å². The van der Waals surface area contributed by atoms with E-state index in [9.17, 15) is 5.11 Å². The molecular weight excluding hydrogens is 390 g/mol. The number of phenols is 1. The third-order valence-corrected chi connectivity index (χ3v) is 5.68. The number of likely N-dealkylation sites (N-methyl/N-ethyl adjacent to an activating group) is 1. The van der Waals surface area contributed by atoms with Crippen molar-refractivity contribution in [1.82, 2.24) is 24.4 Å². The summed E-state index contributed by atoms with van der Waals surface area (Å²) in [4.78, 5) is 18.8. The minimum Gasteiger partial charge on any atom is -0.508 e. The van der Waals surface area contributed by atoms with E-state index in [4.69, 9.17) is 9.97 Å². The van der Waals surface area contributed by atoms with E-state index in [-0.39, 0.29) is 5.75 Å². The number of benzene rings is 2. The first-order valence-corrected chi connectivity index (χ1v) is 10.4. The van der Waals surface area contributed by atoms with Gasteiger partial charge in [0.1, 0.15) is 23.7 Å². The van der Waals surface area contributed by atoms with Crippen LogP contribution in [0.15, 0.2) is 54.9 Å². The van der Waals surface area contributed by atoms with Crippen LogP contribution in [0.25, 0.3) is 17.0 Å². The van der Waals surface area contributed by atoms with Crippen LogP contribution in [-0.2, 0) is 0 Å². The average Bonchev–Trinajstić information content (AvgIpc) is 3.21. The molecule has 158 valence electrons. The minimum atomic E-state index is 0.210. The highest BCUT2D eigenvalue weighted by Gasteiger charge is 2.19. The number of aryl methyl sites for hydroxylation is 1. The van der Waals surface area contributed by atoms with Gasteiger partial charge in [-0.3, -0.25) is 4.57 Å². The molecule has 1 aliphatic heterocycles. The van der Waals surface area contributed by atoms with Gasteiger partial charge >= 0.3 is 0 Å². The van der Waals surface area contributed by atoms with Crippen LogP contribution in [0.4, 0.5) is 17.3 Å². The van der Waals surface area contributed by atoms with Crippen LogP contribution in [0, 0.1) is 6.92 Å². The molecule has 3 heterocycles. The van der Waals surface area contributed by atoms with E-state index >= 15 is 0 Å². The molecule has 31 heavy (non-hydrogen) atoms. The summed E-state index contributed by atoms with van der Waals surface area (Å²) in [6.07, 6.45) is 1.76. The quantitative estimate of drug-likeness (QED) is 0.529. The van der Waals surface area contributed by atoms with Gasteiger partial charge < -0.3 is 20.2 Å². The van der Waals surface area contributed by atoms with Gasteiger partial charge in [-0.05, 0) is 37.7 Å². The molecule has 0 atom stereocenters. The lowest BCUT2D eigenvalue weighted by atomic mass is 10.2. The van der Waals surface area contributed by atoms with Gasteiger partial charge in [0, 0.05) is 44.0 Å². The average molecular weight is 416 g/mol. The number of hydrogen-bond donors (Lipinski definition) is 2. The third-order valence-electron chi connectivity index (χ3n) is 5.68. The van der Waals surface area contributed by atoms with Crippen molar-refractivity contribution in [1.29, 1.82) is 0 Å². The molecule has 4 aromatic rings. The van der Waals surface area contributed by atoms with Gasteiger partial charge in [0.05, 0.1) is 11.0 Å². The Kier molecular flexibility index (Phi) is 4.91. The van der Waals surface area contributed by atoms with Crippen molar-refractivity contribution in [3.63, 3.8) is 0 Å². The molecule has 2 N–H and O–H groups in total. The van der Waals surface area contributed by atoms with E-state index in [1.807, 2.05) is 47.9 Å². The zero-order valence-corrected chi connectivity index (χ0v) is 17.7. The Morgan fingerprint density at radius 1 is 0.968 bits per heavy atom. The number of nitrogens with one attached hydrogen (secondary N) is 1. The molecular formula is C23H25N7O. The first-order valence-electron chi connectivity index (χ1n) is 10.4. The number of imidazole rings is 1. The Morgan fingerprint density at radius 3 is 2.61 bits per heavy atom. The maximum Gasteiger partial charge on any atom is 0.239 e. The van der Waals surface area contributed by atoms with Gasteiger partial charge in [0.15, 0.2) is 0 Å². The summed E-state index contributed by atoms with van der Waals surface area (Å²) < 4.78 is 1.91. The first kappa shape index (κ1) is 19.3. The summed E-state index contributed by atoms with van der Waals surface area (Å²) >= 11 is 0. The number of aromatic nitrogens is 4. The maximum atomic E-state index is 9.92. The van der Waals surface area contributed by atoms with E-state index in [1.54, 1.807) is 18.5 Å². The second-order valence-electron chi connectivity index (χ2n) is 7.93. The first-order chi connectivity index (χ1) is 15.1. The normalized spacial score (nSPS) is 14.8. The summed E-state index contributed by atoms with van der Waals surface area (Å²) in [5, 5.41) is 13.3. The van der Waals surface area contributed by atoms with Crippen LogP contribution in [0.5, 0.6) is 5.75 Å². The van der Waals surface area contributed by atoms with Crippen molar-refractivity contribution in [3.05, 3.63) is 60.4 Å². The summed E-state index contributed by atoms with van der Waals surface area (Å²) in [6.45, 7) is 5.78. The van der Waals surface area contributed by atoms with Gasteiger partial charge in [0.2, 0.25) is 5.95 Å². The predicted octanol–water partition coefficient (Wildman–Crippen LogP) is 3.32. The monoisotopic (exact) mass is 415 g/mol. The number of hydrogen-bond acceptors (Lipinski definition) is 7. The molecule has 0 bridgehead atoms. The van der Waals surface area contributed by atoms with E-state index in [1.165, 1.54) is 0 Å². The summed E-state index contributed by atoms with van der Waals surface area (Å²) in [5.41, 5.74) is 3.68. The molecule has 2 aromatic carbocycles. The van der Waals surface area contributed by atoms with Crippen LogP contribution in [0.1, 0.15) is 5.56 Å². The molecule has 0 aliphatic carbocycles. The van der Waals surface area contributed by atoms with Crippen molar-refractivity contribution >= 4 is 28.4 Å². The molecule has 0 radical (unpaired) electrons. The van der Waals surface area contributed by atoms with Gasteiger partial charge in [0.25, 0.3) is 0 Å². The molecule has 0 amide bonds. The number of para-hydroxylation sites is 2. The van der Waals surface area contributed by atoms with Gasteiger partial charge in [-0.2, -0.15) is 9.97 Å². The molecule has 0 spiro atoms. The number of phenolic OH excluding ortho intramolecular Hbond substituents is 1. The second kappa shape index (κ2) is 7.88. The minimum absolute atomic E-state index is 0.210. The molecule has 2 aromatic heterocycles. The van der Waals surface area contributed by atoms with E-state index in [2.05, 4.69) is 27.1 Å². The fourth-order valence-corrected chi connectivity index (χ4v) is 3.79. The molecule has 8 nitrogen and oxygen atoms in total. The maximum absolute atomic E-state index is 9.92. The number of piperazine rings is 1. The van der Waals surface area contributed by atoms with Crippen LogP contribution >= 0.6 is 0 Å². The zero-order chi connectivity index (χ0) is 21.4. The van der Waals surface area contributed by atoms with Crippen LogP contribution in [0.2, 0.25) is 0 Å². The highest BCUT2D eigenvalue weighted by molar-refractivity contribution is 5.77. The number of anilines is 3. The van der Waals surface area contributed by atoms with Crippen LogP contribution in [0.3, 0.4) is 0 Å². The fourth-order valence-electron chi connectivity index (χ4n) is 3.79. The topological polar surface area (TPSA) is 82.3 Å². The van der Waals surface area contributed by atoms with Crippen molar-refractivity contribution < 1.29 is 5.11 Å². The fraction of sp³-hybridized carbons (Fsp3) is 0.261. The van der Waals surface area contributed by atoms with Gasteiger partial charge in [-0.25, -0.2) is 4.98 Å².